The van der Waals surface area contributed by atoms with Crippen LogP contribution in [0.1, 0.15) is 63.8 Å². The van der Waals surface area contributed by atoms with Crippen molar-refractivity contribution in [2.24, 2.45) is 5.92 Å². The average molecular weight is 535 g/mol. The van der Waals surface area contributed by atoms with Crippen molar-refractivity contribution in [1.82, 2.24) is 20.6 Å². The summed E-state index contributed by atoms with van der Waals surface area (Å²) >= 11 is 0. The summed E-state index contributed by atoms with van der Waals surface area (Å²) in [6.45, 7) is 13.8. The zero-order valence-corrected chi connectivity index (χ0v) is 24.5. The van der Waals surface area contributed by atoms with Gasteiger partial charge in [-0.2, -0.15) is 4.98 Å². The van der Waals surface area contributed by atoms with Crippen molar-refractivity contribution in [1.29, 1.82) is 0 Å². The molecular weight excluding hydrogens is 488 g/mol. The van der Waals surface area contributed by atoms with Crippen molar-refractivity contribution in [2.45, 2.75) is 60.0 Å². The Kier molecular flexibility index (Phi) is 12.0. The Morgan fingerprint density at radius 2 is 1.85 bits per heavy atom. The first kappa shape index (κ1) is 30.3. The molecule has 0 bridgehead atoms. The van der Waals surface area contributed by atoms with Crippen molar-refractivity contribution in [2.75, 3.05) is 50.1 Å². The van der Waals surface area contributed by atoms with E-state index >= 15 is 0 Å². The Bertz CT molecular complexity index is 1130. The molecule has 8 nitrogen and oxygen atoms in total. The second-order valence-corrected chi connectivity index (χ2v) is 9.97. The summed E-state index contributed by atoms with van der Waals surface area (Å²) in [6.07, 6.45) is 6.86. The van der Waals surface area contributed by atoms with E-state index in [0.29, 0.717) is 25.7 Å². The van der Waals surface area contributed by atoms with Crippen LogP contribution in [0.4, 0.5) is 11.8 Å². The topological polar surface area (TPSA) is 91.4 Å². The molecule has 1 aromatic heterocycles. The summed E-state index contributed by atoms with van der Waals surface area (Å²) < 4.78 is 5.60. The molecule has 1 aromatic carbocycles. The van der Waals surface area contributed by atoms with Gasteiger partial charge in [0.2, 0.25) is 11.9 Å². The maximum absolute atomic E-state index is 13.0. The molecule has 3 rings (SSSR count). The molecule has 0 aliphatic carbocycles. The number of carbonyl (C=O) groups is 1. The molecule has 212 valence electrons. The number of nitrogens with zero attached hydrogens (tertiary/aromatic N) is 3. The van der Waals surface area contributed by atoms with E-state index in [2.05, 4.69) is 72.0 Å². The van der Waals surface area contributed by atoms with Gasteiger partial charge in [0.1, 0.15) is 5.82 Å². The van der Waals surface area contributed by atoms with E-state index in [4.69, 9.17) is 14.7 Å². The maximum atomic E-state index is 13.0. The van der Waals surface area contributed by atoms with Crippen LogP contribution in [-0.2, 0) is 9.53 Å². The number of hydrogen-bond acceptors (Lipinski definition) is 7. The molecule has 2 aromatic rings. The van der Waals surface area contributed by atoms with Gasteiger partial charge in [0.05, 0.1) is 25.1 Å². The van der Waals surface area contributed by atoms with Crippen LogP contribution in [0.25, 0.3) is 11.6 Å². The highest BCUT2D eigenvalue weighted by Crippen LogP contribution is 2.27. The van der Waals surface area contributed by atoms with E-state index in [9.17, 15) is 4.79 Å². The number of ether oxygens (including phenoxy) is 1. The molecule has 3 N–H and O–H groups in total. The monoisotopic (exact) mass is 534 g/mol. The predicted octanol–water partition coefficient (Wildman–Crippen LogP) is 5.03. The van der Waals surface area contributed by atoms with Gasteiger partial charge in [-0.25, -0.2) is 4.98 Å². The van der Waals surface area contributed by atoms with Gasteiger partial charge >= 0.3 is 0 Å². The summed E-state index contributed by atoms with van der Waals surface area (Å²) in [5, 5.41) is 9.85. The zero-order valence-electron chi connectivity index (χ0n) is 24.5. The van der Waals surface area contributed by atoms with Crippen LogP contribution in [0.3, 0.4) is 0 Å². The number of hydrogen-bond donors (Lipinski definition) is 3. The lowest BCUT2D eigenvalue weighted by Gasteiger charge is -2.30. The van der Waals surface area contributed by atoms with Gasteiger partial charge in [-0.3, -0.25) is 10.1 Å². The van der Waals surface area contributed by atoms with Gasteiger partial charge in [0, 0.05) is 30.8 Å². The standard InChI is InChI=1S/C31H46N6O2/c1-7-13-25(24-14-11-10-12-15-24)20-28(32-6)35-31-34-27(21-26(22(4)8-2)30(38)33-9-3)23(5)29(36-31)37-16-18-39-19-17-37/h10-12,14-15,20-22,28,32H,7-9,13,16-19H2,1-6H3,(H,33,38)(H,34,35,36)/b25-20+,26-21+. The molecule has 0 spiro atoms. The third-order valence-electron chi connectivity index (χ3n) is 7.13. The van der Waals surface area contributed by atoms with Crippen LogP contribution in [0.2, 0.25) is 0 Å². The fourth-order valence-corrected chi connectivity index (χ4v) is 4.65. The highest BCUT2D eigenvalue weighted by Gasteiger charge is 2.22. The molecule has 1 aliphatic heterocycles. The Morgan fingerprint density at radius 3 is 2.46 bits per heavy atom. The molecule has 2 unspecified atom stereocenters. The van der Waals surface area contributed by atoms with Crippen molar-refractivity contribution >= 4 is 29.3 Å². The lowest BCUT2D eigenvalue weighted by atomic mass is 9.95. The minimum Gasteiger partial charge on any atom is -0.378 e. The van der Waals surface area contributed by atoms with E-state index in [1.54, 1.807) is 0 Å². The summed E-state index contributed by atoms with van der Waals surface area (Å²) in [5.41, 5.74) is 4.93. The molecule has 1 saturated heterocycles. The molecule has 1 amide bonds. The van der Waals surface area contributed by atoms with Crippen LogP contribution in [0.15, 0.2) is 42.0 Å². The minimum absolute atomic E-state index is 0.0459. The van der Waals surface area contributed by atoms with Gasteiger partial charge in [0.25, 0.3) is 0 Å². The van der Waals surface area contributed by atoms with Crippen LogP contribution >= 0.6 is 0 Å². The smallest absolute Gasteiger partial charge is 0.247 e. The molecule has 1 fully saturated rings. The molecule has 0 radical (unpaired) electrons. The summed E-state index contributed by atoms with van der Waals surface area (Å²) in [6, 6.07) is 10.5. The number of allylic oxidation sites excluding steroid dienone is 1. The number of carbonyl (C=O) groups excluding carboxylic acids is 1. The summed E-state index contributed by atoms with van der Waals surface area (Å²) in [5.74, 6) is 1.45. The molecule has 8 heteroatoms. The van der Waals surface area contributed by atoms with E-state index in [0.717, 1.165) is 55.0 Å². The van der Waals surface area contributed by atoms with Gasteiger partial charge in [-0.1, -0.05) is 57.5 Å². The first-order valence-electron chi connectivity index (χ1n) is 14.3. The first-order chi connectivity index (χ1) is 18.9. The molecule has 2 atom stereocenters. The Balaban J connectivity index is 2.06. The van der Waals surface area contributed by atoms with Crippen molar-refractivity contribution < 1.29 is 9.53 Å². The van der Waals surface area contributed by atoms with E-state index in [1.165, 1.54) is 11.1 Å². The van der Waals surface area contributed by atoms with E-state index in [1.807, 2.05) is 33.0 Å². The number of amides is 1. The van der Waals surface area contributed by atoms with Crippen LogP contribution in [-0.4, -0.2) is 61.9 Å². The summed E-state index contributed by atoms with van der Waals surface area (Å²) in [7, 11) is 1.93. The fraction of sp³-hybridized carbons (Fsp3) is 0.516. The number of benzene rings is 1. The summed E-state index contributed by atoms with van der Waals surface area (Å²) in [4.78, 5) is 25.1. The van der Waals surface area contributed by atoms with E-state index in [-0.39, 0.29) is 18.0 Å². The molecule has 0 saturated carbocycles. The number of likely N-dealkylation sites (N-methyl/N-ethyl adjacent to an activating group) is 2. The number of nitrogens with one attached hydrogen (secondary N) is 3. The number of morpholine rings is 1. The Morgan fingerprint density at radius 1 is 1.13 bits per heavy atom. The lowest BCUT2D eigenvalue weighted by Crippen LogP contribution is -2.38. The second-order valence-electron chi connectivity index (χ2n) is 9.97. The highest BCUT2D eigenvalue weighted by atomic mass is 16.5. The second kappa shape index (κ2) is 15.4. The average Bonchev–Trinajstić information content (AvgIpc) is 2.97. The maximum Gasteiger partial charge on any atom is 0.247 e. The van der Waals surface area contributed by atoms with Crippen LogP contribution in [0.5, 0.6) is 0 Å². The van der Waals surface area contributed by atoms with Crippen LogP contribution < -0.4 is 20.9 Å². The minimum atomic E-state index is -0.179. The zero-order chi connectivity index (χ0) is 28.2. The van der Waals surface area contributed by atoms with Gasteiger partial charge in [-0.05, 0) is 62.9 Å². The van der Waals surface area contributed by atoms with Crippen molar-refractivity contribution in [3.63, 3.8) is 0 Å². The van der Waals surface area contributed by atoms with Gasteiger partial charge < -0.3 is 20.3 Å². The largest absolute Gasteiger partial charge is 0.378 e. The Labute approximate surface area is 234 Å². The molecular formula is C31H46N6O2. The molecule has 1 aliphatic rings. The Hall–Kier alpha value is -3.23. The third-order valence-corrected chi connectivity index (χ3v) is 7.13. The van der Waals surface area contributed by atoms with Gasteiger partial charge in [0.15, 0.2) is 0 Å². The number of aromatic nitrogens is 2. The quantitative estimate of drug-likeness (QED) is 0.245. The van der Waals surface area contributed by atoms with Crippen molar-refractivity contribution in [3.05, 3.63) is 58.8 Å². The van der Waals surface area contributed by atoms with Crippen molar-refractivity contribution in [3.8, 4) is 0 Å². The highest BCUT2D eigenvalue weighted by molar-refractivity contribution is 5.98. The van der Waals surface area contributed by atoms with E-state index < -0.39 is 0 Å². The normalized spacial score (nSPS) is 16.1. The number of rotatable bonds is 13. The third kappa shape index (κ3) is 8.38. The fourth-order valence-electron chi connectivity index (χ4n) is 4.65. The predicted molar refractivity (Wildman–Crippen MR) is 162 cm³/mol. The first-order valence-corrected chi connectivity index (χ1v) is 14.3. The van der Waals surface area contributed by atoms with Crippen LogP contribution in [0, 0.1) is 12.8 Å². The molecule has 39 heavy (non-hydrogen) atoms. The molecule has 2 heterocycles. The lowest BCUT2D eigenvalue weighted by molar-refractivity contribution is -0.117. The van der Waals surface area contributed by atoms with Gasteiger partial charge in [-0.15, -0.1) is 0 Å². The number of anilines is 2. The SMILES string of the molecule is CCC/C(=C\C(NC)Nc1nc(/C=C(/C(=O)NCC)C(C)CC)c(C)c(N2CCOCC2)n1)c1ccccc1.